The molecule has 0 N–H and O–H groups in total. The average molecular weight is 333 g/mol. The number of likely N-dealkylation sites (tertiary alicyclic amines) is 1. The Morgan fingerprint density at radius 2 is 1.83 bits per heavy atom. The van der Waals surface area contributed by atoms with Gasteiger partial charge < -0.3 is 19.3 Å². The number of carbonyl (C=O) groups excluding carboxylic acids is 2. The van der Waals surface area contributed by atoms with Gasteiger partial charge in [0.15, 0.2) is 0 Å². The highest BCUT2D eigenvalue weighted by atomic mass is 16.2. The summed E-state index contributed by atoms with van der Waals surface area (Å²) in [5, 5.41) is 0. The molecule has 0 bridgehead atoms. The maximum Gasteiger partial charge on any atom is 0.246 e. The van der Waals surface area contributed by atoms with E-state index in [0.29, 0.717) is 19.0 Å². The summed E-state index contributed by atoms with van der Waals surface area (Å²) in [6.07, 6.45) is 5.66. The van der Waals surface area contributed by atoms with Gasteiger partial charge in [0, 0.05) is 64.5 Å². The summed E-state index contributed by atoms with van der Waals surface area (Å²) in [7, 11) is 4.02. The summed E-state index contributed by atoms with van der Waals surface area (Å²) >= 11 is 0. The van der Waals surface area contributed by atoms with E-state index < -0.39 is 0 Å². The molecule has 7 nitrogen and oxygen atoms in total. The Morgan fingerprint density at radius 1 is 1.12 bits per heavy atom. The van der Waals surface area contributed by atoms with Gasteiger partial charge in [0.25, 0.3) is 0 Å². The summed E-state index contributed by atoms with van der Waals surface area (Å²) in [5.41, 5.74) is 1.24. The average Bonchev–Trinajstić information content (AvgIpc) is 3.00. The fourth-order valence-electron chi connectivity index (χ4n) is 3.87. The number of piperazine rings is 1. The molecule has 0 spiro atoms. The maximum atomic E-state index is 13.0. The van der Waals surface area contributed by atoms with Crippen LogP contribution in [0.2, 0.25) is 0 Å². The van der Waals surface area contributed by atoms with E-state index >= 15 is 0 Å². The normalized spacial score (nSPS) is 23.5. The van der Waals surface area contributed by atoms with Gasteiger partial charge in [0.05, 0.1) is 6.33 Å². The van der Waals surface area contributed by atoms with E-state index in [0.717, 1.165) is 32.5 Å². The largest absolute Gasteiger partial charge is 0.341 e. The maximum absolute atomic E-state index is 13.0. The lowest BCUT2D eigenvalue weighted by Crippen LogP contribution is -2.60. The van der Waals surface area contributed by atoms with E-state index in [1.165, 1.54) is 5.69 Å². The Morgan fingerprint density at radius 3 is 2.42 bits per heavy atom. The molecule has 2 aliphatic rings. The van der Waals surface area contributed by atoms with Crippen molar-refractivity contribution in [3.63, 3.8) is 0 Å². The van der Waals surface area contributed by atoms with Crippen LogP contribution in [0.25, 0.3) is 0 Å². The van der Waals surface area contributed by atoms with Gasteiger partial charge in [-0.3, -0.25) is 9.59 Å². The van der Waals surface area contributed by atoms with Crippen LogP contribution in [0.3, 0.4) is 0 Å². The van der Waals surface area contributed by atoms with Gasteiger partial charge in [-0.1, -0.05) is 0 Å². The fraction of sp³-hybridized carbons (Fsp3) is 0.706. The molecule has 1 aromatic heterocycles. The van der Waals surface area contributed by atoms with E-state index in [1.807, 2.05) is 31.5 Å². The predicted molar refractivity (Wildman–Crippen MR) is 90.4 cm³/mol. The zero-order valence-electron chi connectivity index (χ0n) is 14.8. The number of likely N-dealkylation sites (N-methyl/N-ethyl adjacent to an activating group) is 1. The van der Waals surface area contributed by atoms with Crippen LogP contribution in [0.15, 0.2) is 12.5 Å². The Balaban J connectivity index is 1.63. The monoisotopic (exact) mass is 333 g/mol. The molecule has 132 valence electrons. The van der Waals surface area contributed by atoms with Crippen LogP contribution in [0.5, 0.6) is 0 Å². The minimum Gasteiger partial charge on any atom is -0.341 e. The van der Waals surface area contributed by atoms with Crippen molar-refractivity contribution in [1.82, 2.24) is 24.3 Å². The number of aromatic nitrogens is 2. The number of imidazole rings is 1. The Labute approximate surface area is 143 Å². The minimum absolute atomic E-state index is 0.00813. The van der Waals surface area contributed by atoms with Crippen molar-refractivity contribution < 1.29 is 9.59 Å². The number of hydrogen-bond acceptors (Lipinski definition) is 4. The van der Waals surface area contributed by atoms with Gasteiger partial charge in [-0.15, -0.1) is 0 Å². The SMILES string of the molecule is CC(=O)N1CCN(C)CC1C(=O)N1CCC(c2cncn2C)CC1. The van der Waals surface area contributed by atoms with Crippen LogP contribution in [0.1, 0.15) is 31.4 Å². The summed E-state index contributed by atoms with van der Waals surface area (Å²) in [6, 6.07) is -0.338. The Hall–Kier alpha value is -1.89. The first kappa shape index (κ1) is 17.0. The van der Waals surface area contributed by atoms with E-state index in [9.17, 15) is 9.59 Å². The molecule has 0 saturated carbocycles. The van der Waals surface area contributed by atoms with Crippen molar-refractivity contribution in [1.29, 1.82) is 0 Å². The quantitative estimate of drug-likeness (QED) is 0.780. The van der Waals surface area contributed by atoms with Gasteiger partial charge in [0.1, 0.15) is 6.04 Å². The minimum atomic E-state index is -0.338. The van der Waals surface area contributed by atoms with E-state index in [-0.39, 0.29) is 17.9 Å². The smallest absolute Gasteiger partial charge is 0.246 e. The zero-order chi connectivity index (χ0) is 17.3. The highest BCUT2D eigenvalue weighted by molar-refractivity contribution is 5.87. The number of amides is 2. The Kier molecular flexibility index (Phi) is 4.89. The number of hydrogen-bond donors (Lipinski definition) is 0. The molecule has 3 heterocycles. The standard InChI is InChI=1S/C17H27N5O2/c1-13(23)22-9-8-19(2)11-16(22)17(24)21-6-4-14(5-7-21)15-10-18-12-20(15)3/h10,12,14,16H,4-9,11H2,1-3H3. The van der Waals surface area contributed by atoms with Gasteiger partial charge in [-0.2, -0.15) is 0 Å². The highest BCUT2D eigenvalue weighted by Crippen LogP contribution is 2.28. The molecular weight excluding hydrogens is 306 g/mol. The molecule has 1 unspecified atom stereocenters. The van der Waals surface area contributed by atoms with Gasteiger partial charge in [0.2, 0.25) is 11.8 Å². The third kappa shape index (κ3) is 3.31. The zero-order valence-corrected chi connectivity index (χ0v) is 14.8. The lowest BCUT2D eigenvalue weighted by atomic mass is 9.93. The van der Waals surface area contributed by atoms with E-state index in [1.54, 1.807) is 11.8 Å². The van der Waals surface area contributed by atoms with Crippen LogP contribution < -0.4 is 0 Å². The molecule has 2 amide bonds. The molecule has 1 atom stereocenters. The van der Waals surface area contributed by atoms with Gasteiger partial charge in [-0.25, -0.2) is 4.98 Å². The second-order valence-electron chi connectivity index (χ2n) is 7.02. The van der Waals surface area contributed by atoms with Crippen molar-refractivity contribution >= 4 is 11.8 Å². The second-order valence-corrected chi connectivity index (χ2v) is 7.02. The molecule has 7 heteroatoms. The van der Waals surface area contributed by atoms with Crippen molar-refractivity contribution in [2.24, 2.45) is 7.05 Å². The summed E-state index contributed by atoms with van der Waals surface area (Å²) in [4.78, 5) is 34.8. The van der Waals surface area contributed by atoms with Crippen LogP contribution >= 0.6 is 0 Å². The van der Waals surface area contributed by atoms with Crippen LogP contribution in [0.4, 0.5) is 0 Å². The summed E-state index contributed by atoms with van der Waals surface area (Å²) < 4.78 is 2.07. The van der Waals surface area contributed by atoms with Crippen LogP contribution in [0, 0.1) is 0 Å². The molecule has 0 aromatic carbocycles. The van der Waals surface area contributed by atoms with Crippen molar-refractivity contribution in [3.8, 4) is 0 Å². The highest BCUT2D eigenvalue weighted by Gasteiger charge is 2.36. The molecule has 0 radical (unpaired) electrons. The molecule has 24 heavy (non-hydrogen) atoms. The first-order valence-corrected chi connectivity index (χ1v) is 8.68. The van der Waals surface area contributed by atoms with Crippen LogP contribution in [-0.4, -0.2) is 81.9 Å². The molecule has 3 rings (SSSR count). The molecule has 0 aliphatic carbocycles. The number of carbonyl (C=O) groups is 2. The number of nitrogens with zero attached hydrogens (tertiary/aromatic N) is 5. The van der Waals surface area contributed by atoms with Crippen molar-refractivity contribution in [3.05, 3.63) is 18.2 Å². The molecule has 2 saturated heterocycles. The molecule has 1 aromatic rings. The number of piperidine rings is 1. The number of rotatable bonds is 2. The van der Waals surface area contributed by atoms with Gasteiger partial charge >= 0.3 is 0 Å². The van der Waals surface area contributed by atoms with Crippen molar-refractivity contribution in [2.45, 2.75) is 31.7 Å². The summed E-state index contributed by atoms with van der Waals surface area (Å²) in [5.74, 6) is 0.547. The van der Waals surface area contributed by atoms with E-state index in [2.05, 4.69) is 14.5 Å². The van der Waals surface area contributed by atoms with Crippen LogP contribution in [-0.2, 0) is 16.6 Å². The van der Waals surface area contributed by atoms with Crippen molar-refractivity contribution in [2.75, 3.05) is 39.8 Å². The first-order chi connectivity index (χ1) is 11.5. The number of aryl methyl sites for hydroxylation is 1. The first-order valence-electron chi connectivity index (χ1n) is 8.68. The molecule has 2 aliphatic heterocycles. The lowest BCUT2D eigenvalue weighted by molar-refractivity contribution is -0.148. The molecule has 2 fully saturated rings. The Bertz CT molecular complexity index is 606. The topological polar surface area (TPSA) is 61.7 Å². The summed E-state index contributed by atoms with van der Waals surface area (Å²) in [6.45, 7) is 5.14. The van der Waals surface area contributed by atoms with Gasteiger partial charge in [-0.05, 0) is 19.9 Å². The second kappa shape index (κ2) is 6.93. The fourth-order valence-corrected chi connectivity index (χ4v) is 3.87. The third-order valence-corrected chi connectivity index (χ3v) is 5.35. The lowest BCUT2D eigenvalue weighted by Gasteiger charge is -2.42. The third-order valence-electron chi connectivity index (χ3n) is 5.35. The predicted octanol–water partition coefficient (Wildman–Crippen LogP) is 0.289. The van der Waals surface area contributed by atoms with E-state index in [4.69, 9.17) is 0 Å². The molecular formula is C17H27N5O2.